The van der Waals surface area contributed by atoms with Gasteiger partial charge < -0.3 is 29.9 Å². The second-order valence-corrected chi connectivity index (χ2v) is 12.0. The number of amides is 2. The number of ether oxygens (including phenoxy) is 2. The Kier molecular flexibility index (Phi) is 11.6. The maximum absolute atomic E-state index is 13.8. The molecule has 1 spiro atoms. The predicted molar refractivity (Wildman–Crippen MR) is 167 cm³/mol. The lowest BCUT2D eigenvalue weighted by Crippen LogP contribution is -2.74. The van der Waals surface area contributed by atoms with Crippen LogP contribution in [0.15, 0.2) is 48.5 Å². The van der Waals surface area contributed by atoms with Crippen LogP contribution in [0.5, 0.6) is 11.5 Å². The van der Waals surface area contributed by atoms with Crippen LogP contribution in [0.2, 0.25) is 0 Å². The summed E-state index contributed by atoms with van der Waals surface area (Å²) in [7, 11) is 0. The zero-order valence-electron chi connectivity index (χ0n) is 25.3. The normalized spacial score (nSPS) is 21.4. The van der Waals surface area contributed by atoms with Gasteiger partial charge in [0.2, 0.25) is 11.8 Å². The quantitative estimate of drug-likeness (QED) is 0.337. The molecule has 2 aromatic carbocycles. The van der Waals surface area contributed by atoms with Crippen molar-refractivity contribution >= 4 is 30.2 Å². The summed E-state index contributed by atoms with van der Waals surface area (Å²) in [5.74, 6) is 0.231. The zero-order valence-corrected chi connectivity index (χ0v) is 26.1. The summed E-state index contributed by atoms with van der Waals surface area (Å²) in [6, 6.07) is 13.2. The molecule has 0 saturated carbocycles. The first kappa shape index (κ1) is 33.7. The third kappa shape index (κ3) is 7.72. The van der Waals surface area contributed by atoms with E-state index in [4.69, 9.17) is 14.6 Å². The number of nitrogens with one attached hydrogen (secondary N) is 1. The minimum Gasteiger partial charge on any atom is -0.478 e. The number of likely N-dealkylation sites (tertiary alicyclic amines) is 1. The van der Waals surface area contributed by atoms with E-state index in [2.05, 4.69) is 17.1 Å². The number of hydrogen-bond donors (Lipinski definition) is 3. The number of carbonyl (C=O) groups excluding carboxylic acids is 2. The van der Waals surface area contributed by atoms with Crippen LogP contribution in [0.25, 0.3) is 0 Å². The number of piperidine rings is 1. The number of hydrogen-bond acceptors (Lipinski definition) is 7. The van der Waals surface area contributed by atoms with E-state index in [1.165, 1.54) is 12.1 Å². The number of aliphatic hydroxyl groups excluding tert-OH is 1. The molecule has 10 nitrogen and oxygen atoms in total. The fourth-order valence-corrected chi connectivity index (χ4v) is 6.50. The van der Waals surface area contributed by atoms with Crippen LogP contribution >= 0.6 is 12.4 Å². The number of rotatable bonds is 11. The van der Waals surface area contributed by atoms with Crippen LogP contribution in [0.4, 0.5) is 0 Å². The van der Waals surface area contributed by atoms with Gasteiger partial charge in [-0.05, 0) is 86.4 Å². The Morgan fingerprint density at radius 1 is 1.05 bits per heavy atom. The van der Waals surface area contributed by atoms with Gasteiger partial charge in [-0.25, -0.2) is 4.79 Å². The fraction of sp³-hybridized carbons (Fsp3) is 0.545. The summed E-state index contributed by atoms with van der Waals surface area (Å²) in [5, 5.41) is 23.1. The van der Waals surface area contributed by atoms with Crippen LogP contribution < -0.4 is 10.1 Å². The lowest BCUT2D eigenvalue weighted by Gasteiger charge is -2.52. The highest BCUT2D eigenvalue weighted by Crippen LogP contribution is 2.35. The van der Waals surface area contributed by atoms with Gasteiger partial charge in [-0.3, -0.25) is 14.5 Å². The Hall–Kier alpha value is -3.18. The van der Waals surface area contributed by atoms with Gasteiger partial charge in [0.05, 0.1) is 11.7 Å². The number of benzene rings is 2. The predicted octanol–water partition coefficient (Wildman–Crippen LogP) is 4.24. The molecule has 3 aliphatic rings. The Labute approximate surface area is 265 Å². The van der Waals surface area contributed by atoms with Gasteiger partial charge in [0.25, 0.3) is 0 Å². The number of carboxylic acid groups (broad SMARTS) is 1. The number of aliphatic hydroxyl groups is 1. The van der Waals surface area contributed by atoms with Crippen LogP contribution in [0, 0.1) is 5.92 Å². The van der Waals surface area contributed by atoms with E-state index in [1.54, 1.807) is 17.0 Å². The van der Waals surface area contributed by atoms with Crippen LogP contribution in [0.1, 0.15) is 67.8 Å². The molecular formula is C33H44ClN3O7. The molecule has 0 radical (unpaired) electrons. The number of unbranched alkanes of at least 4 members (excludes halogenated alkanes) is 1. The summed E-state index contributed by atoms with van der Waals surface area (Å²) >= 11 is 0. The van der Waals surface area contributed by atoms with Gasteiger partial charge >= 0.3 is 5.97 Å². The highest BCUT2D eigenvalue weighted by molar-refractivity contribution is 6.00. The lowest BCUT2D eigenvalue weighted by atomic mass is 9.80. The van der Waals surface area contributed by atoms with Crippen molar-refractivity contribution in [3.05, 3.63) is 59.7 Å². The standard InChI is InChI=1S/C33H43N3O7.ClH/c1-2-3-16-36-30(38)29(28(37)21-23-12-19-42-20-13-23)34-32(41)33(36)14-17-35(18-15-33)22-24-4-8-26(9-5-24)43-27-10-6-25(7-11-27)31(39)40;/h4-11,23,28-29,37H,2-3,12-22H2,1H3,(H,34,41)(H,39,40);1H/t28-,29-;/m1./s1. The van der Waals surface area contributed by atoms with Crippen molar-refractivity contribution in [3.63, 3.8) is 0 Å². The Bertz CT molecular complexity index is 1260. The smallest absolute Gasteiger partial charge is 0.335 e. The summed E-state index contributed by atoms with van der Waals surface area (Å²) in [5.41, 5.74) is 0.427. The highest BCUT2D eigenvalue weighted by Gasteiger charge is 2.54. The van der Waals surface area contributed by atoms with Gasteiger partial charge in [-0.1, -0.05) is 25.5 Å². The first-order chi connectivity index (χ1) is 20.8. The van der Waals surface area contributed by atoms with E-state index in [0.717, 1.165) is 31.2 Å². The third-order valence-corrected chi connectivity index (χ3v) is 9.14. The van der Waals surface area contributed by atoms with Crippen molar-refractivity contribution in [2.75, 3.05) is 32.8 Å². The molecule has 0 bridgehead atoms. The first-order valence-corrected chi connectivity index (χ1v) is 15.5. The molecule has 3 saturated heterocycles. The Morgan fingerprint density at radius 3 is 2.25 bits per heavy atom. The van der Waals surface area contributed by atoms with Gasteiger partial charge in [0.15, 0.2) is 0 Å². The van der Waals surface area contributed by atoms with Gasteiger partial charge in [0.1, 0.15) is 23.1 Å². The summed E-state index contributed by atoms with van der Waals surface area (Å²) < 4.78 is 11.3. The molecular weight excluding hydrogens is 586 g/mol. The Balaban J connectivity index is 0.00000442. The van der Waals surface area contributed by atoms with E-state index in [-0.39, 0.29) is 29.8 Å². The Morgan fingerprint density at radius 2 is 1.66 bits per heavy atom. The SMILES string of the molecule is CCCCN1C(=O)[C@@H]([C@H](O)CC2CCOCC2)NC(=O)C12CCN(Cc1ccc(Oc3ccc(C(=O)O)cc3)cc1)CC2.Cl. The maximum Gasteiger partial charge on any atom is 0.335 e. The minimum atomic E-state index is -0.979. The summed E-state index contributed by atoms with van der Waals surface area (Å²) in [4.78, 5) is 42.6. The second-order valence-electron chi connectivity index (χ2n) is 12.0. The maximum atomic E-state index is 13.8. The lowest BCUT2D eigenvalue weighted by molar-refractivity contribution is -0.165. The average Bonchev–Trinajstić information content (AvgIpc) is 3.01. The molecule has 3 heterocycles. The first-order valence-electron chi connectivity index (χ1n) is 15.5. The largest absolute Gasteiger partial charge is 0.478 e. The van der Waals surface area contributed by atoms with E-state index < -0.39 is 23.7 Å². The average molecular weight is 630 g/mol. The highest BCUT2D eigenvalue weighted by atomic mass is 35.5. The molecule has 3 fully saturated rings. The van der Waals surface area contributed by atoms with Crippen molar-refractivity contribution < 1.29 is 34.1 Å². The van der Waals surface area contributed by atoms with Crippen molar-refractivity contribution in [2.24, 2.45) is 5.92 Å². The van der Waals surface area contributed by atoms with E-state index in [1.807, 2.05) is 24.3 Å². The topological polar surface area (TPSA) is 129 Å². The number of piperazine rings is 1. The fourth-order valence-electron chi connectivity index (χ4n) is 6.50. The van der Waals surface area contributed by atoms with Crippen molar-refractivity contribution in [1.29, 1.82) is 0 Å². The molecule has 2 amide bonds. The van der Waals surface area contributed by atoms with E-state index >= 15 is 0 Å². The molecule has 240 valence electrons. The van der Waals surface area contributed by atoms with Crippen LogP contribution in [-0.2, 0) is 20.9 Å². The molecule has 0 unspecified atom stereocenters. The number of aromatic carboxylic acids is 1. The van der Waals surface area contributed by atoms with Crippen molar-refractivity contribution in [3.8, 4) is 11.5 Å². The third-order valence-electron chi connectivity index (χ3n) is 9.14. The zero-order chi connectivity index (χ0) is 30.4. The molecule has 2 aromatic rings. The van der Waals surface area contributed by atoms with E-state index in [9.17, 15) is 19.5 Å². The number of carboxylic acids is 1. The summed E-state index contributed by atoms with van der Waals surface area (Å²) in [6.45, 7) is 6.00. The molecule has 11 heteroatoms. The second kappa shape index (κ2) is 15.2. The van der Waals surface area contributed by atoms with Crippen molar-refractivity contribution in [2.45, 2.75) is 76.1 Å². The number of nitrogens with zero attached hydrogens (tertiary/aromatic N) is 2. The molecule has 3 N–H and O–H groups in total. The van der Waals surface area contributed by atoms with Gasteiger partial charge in [-0.15, -0.1) is 12.4 Å². The molecule has 0 aliphatic carbocycles. The monoisotopic (exact) mass is 629 g/mol. The van der Waals surface area contributed by atoms with E-state index in [0.29, 0.717) is 76.1 Å². The summed E-state index contributed by atoms with van der Waals surface area (Å²) in [6.07, 6.45) is 4.13. The van der Waals surface area contributed by atoms with Crippen molar-refractivity contribution in [1.82, 2.24) is 15.1 Å². The molecule has 5 rings (SSSR count). The molecule has 44 heavy (non-hydrogen) atoms. The molecule has 0 aromatic heterocycles. The minimum absolute atomic E-state index is 0. The number of halogens is 1. The van der Waals surface area contributed by atoms with Crippen LogP contribution in [0.3, 0.4) is 0 Å². The number of carbonyl (C=O) groups is 3. The van der Waals surface area contributed by atoms with Gasteiger partial charge in [-0.2, -0.15) is 0 Å². The van der Waals surface area contributed by atoms with Gasteiger partial charge in [0, 0.05) is 39.4 Å². The molecule has 2 atom stereocenters. The van der Waals surface area contributed by atoms with Crippen LogP contribution in [-0.4, -0.2) is 88.3 Å². The molecule has 3 aliphatic heterocycles.